The molecular formula is C28H26N4O3S. The molecule has 4 rings (SSSR count). The van der Waals surface area contributed by atoms with Gasteiger partial charge in [-0.1, -0.05) is 31.2 Å². The molecule has 182 valence electrons. The van der Waals surface area contributed by atoms with Crippen LogP contribution in [0.25, 0.3) is 10.4 Å². The molecule has 0 radical (unpaired) electrons. The lowest BCUT2D eigenvalue weighted by molar-refractivity contribution is -0.118. The van der Waals surface area contributed by atoms with Crippen molar-refractivity contribution in [1.29, 1.82) is 5.26 Å². The second kappa shape index (κ2) is 11.5. The van der Waals surface area contributed by atoms with E-state index in [1.807, 2.05) is 54.0 Å². The summed E-state index contributed by atoms with van der Waals surface area (Å²) in [7, 11) is 1.37. The molecule has 0 saturated carbocycles. The predicted octanol–water partition coefficient (Wildman–Crippen LogP) is 5.65. The van der Waals surface area contributed by atoms with Gasteiger partial charge in [0.15, 0.2) is 0 Å². The highest BCUT2D eigenvalue weighted by atomic mass is 32.1. The van der Waals surface area contributed by atoms with Gasteiger partial charge in [0.2, 0.25) is 5.91 Å². The average Bonchev–Trinajstić information content (AvgIpc) is 3.57. The fraction of sp³-hybridized carbons (Fsp3) is 0.214. The maximum absolute atomic E-state index is 13.1. The molecule has 0 unspecified atom stereocenters. The maximum Gasteiger partial charge on any atom is 0.348 e. The molecule has 0 atom stereocenters. The van der Waals surface area contributed by atoms with E-state index in [4.69, 9.17) is 10.00 Å². The Hall–Kier alpha value is -4.22. The van der Waals surface area contributed by atoms with Gasteiger partial charge >= 0.3 is 5.97 Å². The van der Waals surface area contributed by atoms with Gasteiger partial charge in [0.05, 0.1) is 37.3 Å². The van der Waals surface area contributed by atoms with Crippen LogP contribution in [0.2, 0.25) is 0 Å². The largest absolute Gasteiger partial charge is 0.465 e. The number of aromatic nitrogens is 2. The Balaban J connectivity index is 1.56. The van der Waals surface area contributed by atoms with Gasteiger partial charge in [-0.2, -0.15) is 5.26 Å². The fourth-order valence-electron chi connectivity index (χ4n) is 3.85. The van der Waals surface area contributed by atoms with E-state index in [0.29, 0.717) is 30.0 Å². The van der Waals surface area contributed by atoms with Gasteiger partial charge in [-0.05, 0) is 53.9 Å². The van der Waals surface area contributed by atoms with Crippen molar-refractivity contribution in [2.24, 2.45) is 0 Å². The molecule has 0 saturated heterocycles. The number of carbonyl (C=O) groups is 2. The molecule has 0 N–H and O–H groups in total. The molecule has 7 nitrogen and oxygen atoms in total. The van der Waals surface area contributed by atoms with E-state index in [-0.39, 0.29) is 11.9 Å². The monoisotopic (exact) mass is 498 g/mol. The topological polar surface area (TPSA) is 88.2 Å². The van der Waals surface area contributed by atoms with Gasteiger partial charge < -0.3 is 14.2 Å². The summed E-state index contributed by atoms with van der Waals surface area (Å²) >= 11 is 1.37. The molecule has 2 heterocycles. The summed E-state index contributed by atoms with van der Waals surface area (Å²) in [5.74, 6) is -0.308. The molecule has 1 amide bonds. The number of hydrogen-bond donors (Lipinski definition) is 0. The molecule has 0 bridgehead atoms. The highest BCUT2D eigenvalue weighted by molar-refractivity contribution is 7.17. The van der Waals surface area contributed by atoms with Gasteiger partial charge in [-0.3, -0.25) is 4.79 Å². The van der Waals surface area contributed by atoms with Crippen LogP contribution >= 0.6 is 11.3 Å². The molecule has 36 heavy (non-hydrogen) atoms. The normalized spacial score (nSPS) is 10.6. The predicted molar refractivity (Wildman–Crippen MR) is 140 cm³/mol. The first-order valence-electron chi connectivity index (χ1n) is 11.6. The lowest BCUT2D eigenvalue weighted by Crippen LogP contribution is -2.31. The smallest absolute Gasteiger partial charge is 0.348 e. The highest BCUT2D eigenvalue weighted by Gasteiger charge is 2.18. The number of imidazole rings is 1. The zero-order valence-corrected chi connectivity index (χ0v) is 21.0. The van der Waals surface area contributed by atoms with E-state index >= 15 is 0 Å². The first-order chi connectivity index (χ1) is 17.5. The van der Waals surface area contributed by atoms with Crippen molar-refractivity contribution >= 4 is 28.9 Å². The summed E-state index contributed by atoms with van der Waals surface area (Å²) in [6.45, 7) is 2.97. The quantitative estimate of drug-likeness (QED) is 0.278. The zero-order valence-electron chi connectivity index (χ0n) is 20.2. The van der Waals surface area contributed by atoms with E-state index in [1.165, 1.54) is 18.4 Å². The summed E-state index contributed by atoms with van der Waals surface area (Å²) < 4.78 is 6.82. The Morgan fingerprint density at radius 2 is 1.83 bits per heavy atom. The van der Waals surface area contributed by atoms with Crippen molar-refractivity contribution in [2.75, 3.05) is 12.0 Å². The molecule has 0 aliphatic heterocycles. The van der Waals surface area contributed by atoms with Crippen LogP contribution in [-0.4, -0.2) is 28.5 Å². The Morgan fingerprint density at radius 1 is 1.08 bits per heavy atom. The Morgan fingerprint density at radius 3 is 2.50 bits per heavy atom. The van der Waals surface area contributed by atoms with Crippen molar-refractivity contribution in [1.82, 2.24) is 9.55 Å². The lowest BCUT2D eigenvalue weighted by atomic mass is 10.1. The van der Waals surface area contributed by atoms with Gasteiger partial charge in [0.1, 0.15) is 4.88 Å². The molecule has 0 spiro atoms. The van der Waals surface area contributed by atoms with Crippen molar-refractivity contribution in [2.45, 2.75) is 32.9 Å². The van der Waals surface area contributed by atoms with Crippen LogP contribution in [0.15, 0.2) is 73.2 Å². The third-order valence-electron chi connectivity index (χ3n) is 5.78. The summed E-state index contributed by atoms with van der Waals surface area (Å²) in [6.07, 6.45) is 4.74. The number of anilines is 1. The van der Waals surface area contributed by atoms with Gasteiger partial charge in [-0.15, -0.1) is 11.3 Å². The number of nitriles is 1. The summed E-state index contributed by atoms with van der Waals surface area (Å²) in [5.41, 5.74) is 4.34. The van der Waals surface area contributed by atoms with E-state index in [2.05, 4.69) is 11.1 Å². The molecule has 2 aromatic carbocycles. The number of hydrogen-bond acceptors (Lipinski definition) is 6. The third-order valence-corrected chi connectivity index (χ3v) is 6.89. The van der Waals surface area contributed by atoms with Crippen molar-refractivity contribution in [3.05, 3.63) is 94.9 Å². The van der Waals surface area contributed by atoms with Crippen LogP contribution in [0.3, 0.4) is 0 Å². The van der Waals surface area contributed by atoms with Crippen LogP contribution < -0.4 is 4.90 Å². The highest BCUT2D eigenvalue weighted by Crippen LogP contribution is 2.30. The van der Waals surface area contributed by atoms with Gasteiger partial charge in [0, 0.05) is 29.7 Å². The first kappa shape index (κ1) is 24.9. The number of methoxy groups -OCH3 is 1. The number of nitrogens with zero attached hydrogens (tertiary/aromatic N) is 4. The molecule has 0 aliphatic rings. The standard InChI is InChI=1S/C28H26N4O3S/c1-3-4-27(33)32(18-24-16-30-19-31(24)17-21-7-5-20(15-29)6-8-21)23-11-9-22(10-12-23)25-13-14-26(36-25)28(34)35-2/h5-14,16,19H,3-4,17-18H2,1-2H3. The molecule has 0 fully saturated rings. The summed E-state index contributed by atoms with van der Waals surface area (Å²) in [4.78, 5) is 32.5. The summed E-state index contributed by atoms with van der Waals surface area (Å²) in [5, 5.41) is 9.03. The fourth-order valence-corrected chi connectivity index (χ4v) is 4.78. The van der Waals surface area contributed by atoms with Gasteiger partial charge in [-0.25, -0.2) is 9.78 Å². The number of thiophene rings is 1. The van der Waals surface area contributed by atoms with E-state index in [9.17, 15) is 9.59 Å². The minimum Gasteiger partial charge on any atom is -0.465 e. The second-order valence-electron chi connectivity index (χ2n) is 8.25. The Kier molecular flexibility index (Phi) is 7.93. The third kappa shape index (κ3) is 5.70. The van der Waals surface area contributed by atoms with Crippen LogP contribution in [0.5, 0.6) is 0 Å². The van der Waals surface area contributed by atoms with Crippen LogP contribution in [0.1, 0.15) is 46.3 Å². The van der Waals surface area contributed by atoms with Crippen molar-refractivity contribution in [3.8, 4) is 16.5 Å². The van der Waals surface area contributed by atoms with E-state index in [0.717, 1.165) is 33.8 Å². The number of carbonyl (C=O) groups excluding carboxylic acids is 2. The number of esters is 1. The average molecular weight is 499 g/mol. The number of rotatable bonds is 9. The van der Waals surface area contributed by atoms with E-state index < -0.39 is 0 Å². The molecule has 8 heteroatoms. The van der Waals surface area contributed by atoms with Crippen LogP contribution in [0.4, 0.5) is 5.69 Å². The van der Waals surface area contributed by atoms with Crippen LogP contribution in [0, 0.1) is 11.3 Å². The van der Waals surface area contributed by atoms with Crippen molar-refractivity contribution < 1.29 is 14.3 Å². The summed E-state index contributed by atoms with van der Waals surface area (Å²) in [6, 6.07) is 21.0. The molecular weight excluding hydrogens is 472 g/mol. The van der Waals surface area contributed by atoms with Crippen LogP contribution in [-0.2, 0) is 22.6 Å². The van der Waals surface area contributed by atoms with Gasteiger partial charge in [0.25, 0.3) is 0 Å². The number of ether oxygens (including phenoxy) is 1. The maximum atomic E-state index is 13.1. The molecule has 0 aliphatic carbocycles. The lowest BCUT2D eigenvalue weighted by Gasteiger charge is -2.24. The van der Waals surface area contributed by atoms with Crippen molar-refractivity contribution in [3.63, 3.8) is 0 Å². The SMILES string of the molecule is CCCC(=O)N(Cc1cncn1Cc1ccc(C#N)cc1)c1ccc(-c2ccc(C(=O)OC)s2)cc1. The molecule has 4 aromatic rings. The molecule has 2 aromatic heterocycles. The van der Waals surface area contributed by atoms with E-state index in [1.54, 1.807) is 35.6 Å². The zero-order chi connectivity index (χ0) is 25.5. The Bertz CT molecular complexity index is 1380. The number of amides is 1. The minimum absolute atomic E-state index is 0.0421. The number of benzene rings is 2. The minimum atomic E-state index is -0.350. The first-order valence-corrected chi connectivity index (χ1v) is 12.4. The Labute approximate surface area is 214 Å². The second-order valence-corrected chi connectivity index (χ2v) is 9.34.